The Morgan fingerprint density at radius 3 is 1.34 bits per heavy atom. The molecule has 0 spiro atoms. The molecule has 0 aromatic carbocycles. The third kappa shape index (κ3) is 6.23. The van der Waals surface area contributed by atoms with Gasteiger partial charge in [0.1, 0.15) is 0 Å². The molecule has 4 fully saturated rings. The second-order valence-corrected chi connectivity index (χ2v) is 14.6. The second kappa shape index (κ2) is 9.77. The maximum Gasteiger partial charge on any atom is 0.0937 e. The quantitative estimate of drug-likeness (QED) is 0.621. The summed E-state index contributed by atoms with van der Waals surface area (Å²) in [7, 11) is 9.31. The zero-order chi connectivity index (χ0) is 25.9. The molecular weight excluding hydrogens is 436 g/mol. The van der Waals surface area contributed by atoms with Gasteiger partial charge in [-0.15, -0.1) is 0 Å². The van der Waals surface area contributed by atoms with Gasteiger partial charge in [0.25, 0.3) is 0 Å². The highest BCUT2D eigenvalue weighted by atomic mass is 15.6. The van der Waals surface area contributed by atoms with Crippen molar-refractivity contribution in [3.8, 4) is 0 Å². The molecule has 0 aromatic heterocycles. The highest BCUT2D eigenvalue weighted by Gasteiger charge is 2.46. The number of piperidine rings is 2. The lowest BCUT2D eigenvalue weighted by Crippen LogP contribution is -2.74. The zero-order valence-corrected chi connectivity index (χ0v) is 24.7. The first-order valence-corrected chi connectivity index (χ1v) is 13.9. The molecule has 4 aliphatic rings. The van der Waals surface area contributed by atoms with Gasteiger partial charge in [-0.25, -0.2) is 0 Å². The SMILES string of the molecule is CC1CC(N2CN(C)C(C3N(C)CN(C4CC(C)(C)NC(C)(C)C4)CN3C)N(C)C2)CC(C)(C)N1. The minimum absolute atomic E-state index is 0.175. The van der Waals surface area contributed by atoms with Crippen LogP contribution < -0.4 is 10.6 Å². The number of hydrogen-bond donors (Lipinski definition) is 2. The van der Waals surface area contributed by atoms with Gasteiger partial charge in [-0.3, -0.25) is 29.4 Å². The zero-order valence-electron chi connectivity index (χ0n) is 24.7. The predicted octanol–water partition coefficient (Wildman–Crippen LogP) is 2.06. The summed E-state index contributed by atoms with van der Waals surface area (Å²) >= 11 is 0. The Morgan fingerprint density at radius 2 is 0.943 bits per heavy atom. The summed E-state index contributed by atoms with van der Waals surface area (Å²) in [5, 5.41) is 7.64. The topological polar surface area (TPSA) is 43.5 Å². The summed E-state index contributed by atoms with van der Waals surface area (Å²) in [5.74, 6) is 0. The Bertz CT molecular complexity index is 699. The van der Waals surface area contributed by atoms with Crippen LogP contribution in [-0.4, -0.2) is 131 Å². The Hall–Kier alpha value is -0.320. The molecule has 2 unspecified atom stereocenters. The molecule has 4 rings (SSSR count). The lowest BCUT2D eigenvalue weighted by Gasteiger charge is -2.59. The molecule has 0 radical (unpaired) electrons. The van der Waals surface area contributed by atoms with E-state index < -0.39 is 0 Å². The van der Waals surface area contributed by atoms with Gasteiger partial charge in [0, 0.05) is 34.7 Å². The molecule has 0 bridgehead atoms. The lowest BCUT2D eigenvalue weighted by atomic mass is 9.79. The van der Waals surface area contributed by atoms with Gasteiger partial charge in [0.15, 0.2) is 0 Å². The van der Waals surface area contributed by atoms with Gasteiger partial charge >= 0.3 is 0 Å². The predicted molar refractivity (Wildman–Crippen MR) is 146 cm³/mol. The normalized spacial score (nSPS) is 36.1. The van der Waals surface area contributed by atoms with Gasteiger partial charge in [-0.05, 0) is 102 Å². The summed E-state index contributed by atoms with van der Waals surface area (Å²) in [6.07, 6.45) is 5.62. The van der Waals surface area contributed by atoms with Crippen LogP contribution in [0.3, 0.4) is 0 Å². The third-order valence-electron chi connectivity index (χ3n) is 8.90. The van der Waals surface area contributed by atoms with E-state index in [0.717, 1.165) is 26.7 Å². The van der Waals surface area contributed by atoms with E-state index in [1.807, 2.05) is 0 Å². The molecule has 8 nitrogen and oxygen atoms in total. The van der Waals surface area contributed by atoms with Gasteiger partial charge in [0.2, 0.25) is 0 Å². The summed E-state index contributed by atoms with van der Waals surface area (Å²) in [5.41, 5.74) is 0.560. The Kier molecular flexibility index (Phi) is 7.73. The van der Waals surface area contributed by atoms with E-state index in [-0.39, 0.29) is 16.6 Å². The average Bonchev–Trinajstić information content (AvgIpc) is 2.65. The van der Waals surface area contributed by atoms with Crippen LogP contribution in [0.1, 0.15) is 74.1 Å². The molecule has 0 aromatic rings. The van der Waals surface area contributed by atoms with E-state index in [2.05, 4.69) is 117 Å². The van der Waals surface area contributed by atoms with Gasteiger partial charge in [-0.2, -0.15) is 0 Å². The summed E-state index contributed by atoms with van der Waals surface area (Å²) in [6.45, 7) is 20.7. The number of nitrogens with zero attached hydrogens (tertiary/aromatic N) is 6. The molecule has 0 saturated carbocycles. The van der Waals surface area contributed by atoms with Crippen molar-refractivity contribution in [1.82, 2.24) is 40.0 Å². The van der Waals surface area contributed by atoms with Gasteiger partial charge in [-0.1, -0.05) is 0 Å². The molecule has 4 heterocycles. The van der Waals surface area contributed by atoms with Gasteiger partial charge in [0.05, 0.1) is 39.0 Å². The third-order valence-corrected chi connectivity index (χ3v) is 8.90. The Labute approximate surface area is 216 Å². The smallest absolute Gasteiger partial charge is 0.0937 e. The first-order chi connectivity index (χ1) is 16.1. The number of rotatable bonds is 3. The second-order valence-electron chi connectivity index (χ2n) is 14.6. The van der Waals surface area contributed by atoms with E-state index in [1.54, 1.807) is 0 Å². The summed E-state index contributed by atoms with van der Waals surface area (Å²) in [6, 6.07) is 1.81. The van der Waals surface area contributed by atoms with Crippen LogP contribution in [0.5, 0.6) is 0 Å². The van der Waals surface area contributed by atoms with E-state index >= 15 is 0 Å². The van der Waals surface area contributed by atoms with E-state index in [9.17, 15) is 0 Å². The van der Waals surface area contributed by atoms with Crippen LogP contribution in [0.2, 0.25) is 0 Å². The highest BCUT2D eigenvalue weighted by Crippen LogP contribution is 2.34. The van der Waals surface area contributed by atoms with Crippen LogP contribution in [0.15, 0.2) is 0 Å². The molecule has 204 valence electrons. The first kappa shape index (κ1) is 27.7. The lowest BCUT2D eigenvalue weighted by molar-refractivity contribution is -0.177. The molecule has 2 atom stereocenters. The standard InChI is InChI=1S/C27H56N8/c1-20-12-21(13-25(2,3)28-20)34-16-30(8)23(31(9)17-34)24-32(10)18-35(19-33(24)11)22-14-26(4,5)29-27(6,7)15-22/h20-24,28-29H,12-19H2,1-11H3. The Morgan fingerprint density at radius 1 is 0.571 bits per heavy atom. The Balaban J connectivity index is 1.42. The van der Waals surface area contributed by atoms with Crippen LogP contribution in [0.4, 0.5) is 0 Å². The molecule has 35 heavy (non-hydrogen) atoms. The minimum Gasteiger partial charge on any atom is -0.309 e. The number of hydrogen-bond acceptors (Lipinski definition) is 8. The van der Waals surface area contributed by atoms with Crippen molar-refractivity contribution in [3.63, 3.8) is 0 Å². The summed E-state index contributed by atoms with van der Waals surface area (Å²) in [4.78, 5) is 15.8. The van der Waals surface area contributed by atoms with Crippen molar-refractivity contribution in [2.24, 2.45) is 0 Å². The fourth-order valence-electron chi connectivity index (χ4n) is 8.29. The molecule has 0 aliphatic carbocycles. The van der Waals surface area contributed by atoms with Crippen molar-refractivity contribution in [2.45, 2.75) is 121 Å². The molecular formula is C27H56N8. The maximum atomic E-state index is 3.86. The molecule has 4 aliphatic heterocycles. The van der Waals surface area contributed by atoms with E-state index in [4.69, 9.17) is 0 Å². The van der Waals surface area contributed by atoms with Crippen molar-refractivity contribution >= 4 is 0 Å². The van der Waals surface area contributed by atoms with Crippen molar-refractivity contribution in [3.05, 3.63) is 0 Å². The maximum absolute atomic E-state index is 3.86. The van der Waals surface area contributed by atoms with Crippen molar-refractivity contribution in [2.75, 3.05) is 54.9 Å². The molecule has 8 heteroatoms. The van der Waals surface area contributed by atoms with Crippen LogP contribution in [-0.2, 0) is 0 Å². The molecule has 2 N–H and O–H groups in total. The van der Waals surface area contributed by atoms with Crippen molar-refractivity contribution in [1.29, 1.82) is 0 Å². The highest BCUT2D eigenvalue weighted by molar-refractivity contribution is 5.02. The minimum atomic E-state index is 0.175. The fourth-order valence-corrected chi connectivity index (χ4v) is 8.29. The van der Waals surface area contributed by atoms with E-state index in [1.165, 1.54) is 25.7 Å². The fraction of sp³-hybridized carbons (Fsp3) is 1.00. The van der Waals surface area contributed by atoms with E-state index in [0.29, 0.717) is 30.5 Å². The number of likely N-dealkylation sites (N-methyl/N-ethyl adjacent to an activating group) is 4. The molecule has 4 saturated heterocycles. The summed E-state index contributed by atoms with van der Waals surface area (Å²) < 4.78 is 0. The molecule has 0 amide bonds. The monoisotopic (exact) mass is 492 g/mol. The largest absolute Gasteiger partial charge is 0.309 e. The first-order valence-electron chi connectivity index (χ1n) is 13.9. The average molecular weight is 493 g/mol. The number of nitrogens with one attached hydrogen (secondary N) is 2. The van der Waals surface area contributed by atoms with Crippen LogP contribution in [0.25, 0.3) is 0 Å². The van der Waals surface area contributed by atoms with Crippen LogP contribution >= 0.6 is 0 Å². The van der Waals surface area contributed by atoms with Crippen molar-refractivity contribution < 1.29 is 0 Å². The van der Waals surface area contributed by atoms with Crippen LogP contribution in [0, 0.1) is 0 Å². The van der Waals surface area contributed by atoms with Gasteiger partial charge < -0.3 is 10.6 Å².